The van der Waals surface area contributed by atoms with Crippen LogP contribution in [0.15, 0.2) is 185 Å². The monoisotopic (exact) mass is 651 g/mol. The van der Waals surface area contributed by atoms with Gasteiger partial charge in [-0.3, -0.25) is 0 Å². The summed E-state index contributed by atoms with van der Waals surface area (Å²) in [5, 5.41) is 12.0. The zero-order valence-electron chi connectivity index (χ0n) is 27.5. The first-order valence-corrected chi connectivity index (χ1v) is 17.3. The lowest BCUT2D eigenvalue weighted by Crippen LogP contribution is -2.10. The topological polar surface area (TPSA) is 29.5 Å². The molecule has 0 radical (unpaired) electrons. The van der Waals surface area contributed by atoms with Crippen LogP contribution in [0.3, 0.4) is 0 Å². The molecule has 9 aromatic carbocycles. The number of hydrogen-bond acceptors (Lipinski definition) is 3. The molecular weight excluding hydrogens is 623 g/mol. The smallest absolute Gasteiger partial charge is 0.159 e. The molecule has 0 aliphatic carbocycles. The Hall–Kier alpha value is -6.84. The number of anilines is 3. The predicted molar refractivity (Wildman–Crippen MR) is 214 cm³/mol. The standard InChI is InChI=1S/C48H29NO2/c1-2-9-37-31(8-1)16-19-33-20-17-32-18-21-34(28-41(32)47(33)37)30-22-24-35(25-23-30)49(36-26-27-46-42(29-36)39-11-4-5-14-44(39)50-46)43-13-7-12-40-38-10-3-6-15-45(38)51-48(40)43/h1-29H. The van der Waals surface area contributed by atoms with E-state index >= 15 is 0 Å². The normalized spacial score (nSPS) is 11.9. The van der Waals surface area contributed by atoms with E-state index in [4.69, 9.17) is 8.83 Å². The molecule has 0 saturated heterocycles. The number of benzene rings is 9. The fraction of sp³-hybridized carbons (Fsp3) is 0. The summed E-state index contributed by atoms with van der Waals surface area (Å²) >= 11 is 0. The van der Waals surface area contributed by atoms with Gasteiger partial charge in [0.05, 0.1) is 5.69 Å². The van der Waals surface area contributed by atoms with E-state index < -0.39 is 0 Å². The summed E-state index contributed by atoms with van der Waals surface area (Å²) in [5.74, 6) is 0. The number of hydrogen-bond donors (Lipinski definition) is 0. The fourth-order valence-corrected chi connectivity index (χ4v) is 8.00. The van der Waals surface area contributed by atoms with Crippen LogP contribution < -0.4 is 4.90 Å². The summed E-state index contributed by atoms with van der Waals surface area (Å²) in [5.41, 5.74) is 8.88. The van der Waals surface area contributed by atoms with E-state index in [0.717, 1.165) is 66.5 Å². The number of fused-ring (bicyclic) bond motifs is 11. The maximum atomic E-state index is 6.59. The van der Waals surface area contributed by atoms with Crippen LogP contribution in [-0.4, -0.2) is 0 Å². The maximum Gasteiger partial charge on any atom is 0.159 e. The molecule has 0 aliphatic heterocycles. The van der Waals surface area contributed by atoms with Gasteiger partial charge in [-0.1, -0.05) is 121 Å². The molecule has 0 atom stereocenters. The summed E-state index contributed by atoms with van der Waals surface area (Å²) in [4.78, 5) is 2.30. The van der Waals surface area contributed by atoms with E-state index in [9.17, 15) is 0 Å². The van der Waals surface area contributed by atoms with E-state index in [1.807, 2.05) is 24.3 Å². The molecule has 3 heteroatoms. The highest BCUT2D eigenvalue weighted by atomic mass is 16.3. The summed E-state index contributed by atoms with van der Waals surface area (Å²) in [7, 11) is 0. The maximum absolute atomic E-state index is 6.59. The molecule has 2 aromatic heterocycles. The van der Waals surface area contributed by atoms with Gasteiger partial charge in [0.15, 0.2) is 5.58 Å². The minimum absolute atomic E-state index is 0.855. The third-order valence-corrected chi connectivity index (χ3v) is 10.4. The number of furan rings is 2. The number of para-hydroxylation sites is 3. The van der Waals surface area contributed by atoms with Gasteiger partial charge < -0.3 is 13.7 Å². The molecule has 11 rings (SSSR count). The Bertz CT molecular complexity index is 3140. The van der Waals surface area contributed by atoms with Crippen LogP contribution in [0.2, 0.25) is 0 Å². The number of rotatable bonds is 4. The van der Waals surface area contributed by atoms with Crippen LogP contribution in [0.1, 0.15) is 0 Å². The molecule has 0 amide bonds. The second-order valence-corrected chi connectivity index (χ2v) is 13.3. The zero-order chi connectivity index (χ0) is 33.5. The molecule has 0 fully saturated rings. The summed E-state index contributed by atoms with van der Waals surface area (Å²) in [6.45, 7) is 0. The summed E-state index contributed by atoms with van der Waals surface area (Å²) in [6, 6.07) is 62.7. The zero-order valence-corrected chi connectivity index (χ0v) is 27.5. The molecular formula is C48H29NO2. The van der Waals surface area contributed by atoms with Crippen molar-refractivity contribution < 1.29 is 8.83 Å². The Labute approximate surface area is 293 Å². The first-order chi connectivity index (χ1) is 25.3. The molecule has 0 spiro atoms. The average Bonchev–Trinajstić information content (AvgIpc) is 3.77. The van der Waals surface area contributed by atoms with Crippen LogP contribution in [0, 0.1) is 0 Å². The van der Waals surface area contributed by atoms with Gasteiger partial charge in [0, 0.05) is 32.9 Å². The first kappa shape index (κ1) is 28.0. The predicted octanol–water partition coefficient (Wildman–Crippen LogP) is 14.1. The molecule has 2 heterocycles. The van der Waals surface area contributed by atoms with Crippen molar-refractivity contribution in [2.45, 2.75) is 0 Å². The van der Waals surface area contributed by atoms with Crippen molar-refractivity contribution in [3.05, 3.63) is 176 Å². The lowest BCUT2D eigenvalue weighted by Gasteiger charge is -2.26. The van der Waals surface area contributed by atoms with Gasteiger partial charge in [-0.2, -0.15) is 0 Å². The summed E-state index contributed by atoms with van der Waals surface area (Å²) in [6.07, 6.45) is 0. The van der Waals surface area contributed by atoms with Crippen LogP contribution in [0.25, 0.3) is 87.3 Å². The van der Waals surface area contributed by atoms with Crippen molar-refractivity contribution in [3.63, 3.8) is 0 Å². The van der Waals surface area contributed by atoms with E-state index in [0.29, 0.717) is 0 Å². The van der Waals surface area contributed by atoms with Gasteiger partial charge in [0.25, 0.3) is 0 Å². The highest BCUT2D eigenvalue weighted by molar-refractivity contribution is 6.20. The molecule has 238 valence electrons. The molecule has 0 bridgehead atoms. The van der Waals surface area contributed by atoms with Crippen LogP contribution in [-0.2, 0) is 0 Å². The fourth-order valence-electron chi connectivity index (χ4n) is 8.00. The minimum Gasteiger partial charge on any atom is -0.456 e. The SMILES string of the molecule is c1ccc2c(c1)ccc1ccc3ccc(-c4ccc(N(c5ccc6oc7ccccc7c6c5)c5cccc6c5oc5ccccc56)cc4)cc3c12. The quantitative estimate of drug-likeness (QED) is 0.177. The minimum atomic E-state index is 0.855. The Morgan fingerprint density at radius 1 is 0.333 bits per heavy atom. The molecule has 3 nitrogen and oxygen atoms in total. The third kappa shape index (κ3) is 4.32. The van der Waals surface area contributed by atoms with Crippen molar-refractivity contribution in [1.29, 1.82) is 0 Å². The third-order valence-electron chi connectivity index (χ3n) is 10.4. The number of nitrogens with zero attached hydrogens (tertiary/aromatic N) is 1. The molecule has 11 aromatic rings. The van der Waals surface area contributed by atoms with Crippen molar-refractivity contribution in [1.82, 2.24) is 0 Å². The molecule has 0 N–H and O–H groups in total. The van der Waals surface area contributed by atoms with E-state index in [2.05, 4.69) is 157 Å². The lowest BCUT2D eigenvalue weighted by atomic mass is 9.94. The lowest BCUT2D eigenvalue weighted by molar-refractivity contribution is 0.669. The Balaban J connectivity index is 1.09. The first-order valence-electron chi connectivity index (χ1n) is 17.3. The average molecular weight is 652 g/mol. The molecule has 0 unspecified atom stereocenters. The Morgan fingerprint density at radius 3 is 1.75 bits per heavy atom. The van der Waals surface area contributed by atoms with Crippen LogP contribution in [0.4, 0.5) is 17.1 Å². The van der Waals surface area contributed by atoms with Crippen molar-refractivity contribution in [2.24, 2.45) is 0 Å². The highest BCUT2D eigenvalue weighted by Crippen LogP contribution is 2.44. The van der Waals surface area contributed by atoms with Gasteiger partial charge in [0.1, 0.15) is 16.7 Å². The van der Waals surface area contributed by atoms with Crippen molar-refractivity contribution in [3.8, 4) is 11.1 Å². The van der Waals surface area contributed by atoms with E-state index in [1.54, 1.807) is 0 Å². The van der Waals surface area contributed by atoms with E-state index in [1.165, 1.54) is 37.9 Å². The second-order valence-electron chi connectivity index (χ2n) is 13.3. The highest BCUT2D eigenvalue weighted by Gasteiger charge is 2.21. The Morgan fingerprint density at radius 2 is 0.922 bits per heavy atom. The van der Waals surface area contributed by atoms with Gasteiger partial charge in [-0.15, -0.1) is 0 Å². The van der Waals surface area contributed by atoms with Crippen molar-refractivity contribution in [2.75, 3.05) is 4.90 Å². The van der Waals surface area contributed by atoms with E-state index in [-0.39, 0.29) is 0 Å². The molecule has 0 aliphatic rings. The molecule has 0 saturated carbocycles. The Kier molecular flexibility index (Phi) is 5.96. The second kappa shape index (κ2) is 10.8. The van der Waals surface area contributed by atoms with Gasteiger partial charge in [-0.25, -0.2) is 0 Å². The summed E-state index contributed by atoms with van der Waals surface area (Å²) < 4.78 is 12.8. The van der Waals surface area contributed by atoms with Gasteiger partial charge in [-0.05, 0) is 98.0 Å². The van der Waals surface area contributed by atoms with Crippen LogP contribution >= 0.6 is 0 Å². The largest absolute Gasteiger partial charge is 0.456 e. The van der Waals surface area contributed by atoms with Crippen molar-refractivity contribution >= 4 is 93.3 Å². The van der Waals surface area contributed by atoms with Gasteiger partial charge >= 0.3 is 0 Å². The van der Waals surface area contributed by atoms with Crippen LogP contribution in [0.5, 0.6) is 0 Å². The van der Waals surface area contributed by atoms with Gasteiger partial charge in [0.2, 0.25) is 0 Å². The molecule has 51 heavy (non-hydrogen) atoms.